The van der Waals surface area contributed by atoms with Gasteiger partial charge in [-0.25, -0.2) is 4.98 Å². The van der Waals surface area contributed by atoms with Crippen LogP contribution in [0.25, 0.3) is 0 Å². The molecule has 2 aliphatic rings. The predicted molar refractivity (Wildman–Crippen MR) is 46.3 cm³/mol. The number of ether oxygens (including phenoxy) is 1. The molecule has 0 aromatic carbocycles. The lowest BCUT2D eigenvalue weighted by Crippen LogP contribution is -2.14. The number of aromatic nitrogens is 2. The van der Waals surface area contributed by atoms with Gasteiger partial charge in [0.1, 0.15) is 11.5 Å². The van der Waals surface area contributed by atoms with Gasteiger partial charge in [0.25, 0.3) is 0 Å². The van der Waals surface area contributed by atoms with E-state index in [4.69, 9.17) is 9.84 Å². The van der Waals surface area contributed by atoms with E-state index < -0.39 is 5.97 Å². The summed E-state index contributed by atoms with van der Waals surface area (Å²) in [4.78, 5) is 15.2. The highest BCUT2D eigenvalue weighted by atomic mass is 16.5. The van der Waals surface area contributed by atoms with Crippen molar-refractivity contribution in [2.75, 3.05) is 6.61 Å². The van der Waals surface area contributed by atoms with Gasteiger partial charge in [-0.15, -0.1) is 0 Å². The van der Waals surface area contributed by atoms with Crippen molar-refractivity contribution in [2.24, 2.45) is 5.92 Å². The highest BCUT2D eigenvalue weighted by molar-refractivity contribution is 5.70. The van der Waals surface area contributed by atoms with Crippen LogP contribution in [0.2, 0.25) is 0 Å². The Kier molecular flexibility index (Phi) is 1.40. The number of imidazole rings is 1. The first-order chi connectivity index (χ1) is 6.75. The molecule has 0 aliphatic carbocycles. The highest BCUT2D eigenvalue weighted by Gasteiger charge is 2.34. The van der Waals surface area contributed by atoms with E-state index in [0.29, 0.717) is 19.6 Å². The summed E-state index contributed by atoms with van der Waals surface area (Å²) < 4.78 is 7.32. The van der Waals surface area contributed by atoms with Crippen molar-refractivity contribution in [3.05, 3.63) is 11.5 Å². The second-order valence-electron chi connectivity index (χ2n) is 3.73. The molecule has 2 aliphatic heterocycles. The molecule has 0 spiro atoms. The van der Waals surface area contributed by atoms with Crippen molar-refractivity contribution in [2.45, 2.75) is 19.4 Å². The lowest BCUT2D eigenvalue weighted by atomic mass is 10.1. The van der Waals surface area contributed by atoms with Crippen LogP contribution in [-0.4, -0.2) is 27.2 Å². The molecule has 74 valence electrons. The van der Waals surface area contributed by atoms with Crippen molar-refractivity contribution >= 4 is 5.97 Å². The summed E-state index contributed by atoms with van der Waals surface area (Å²) >= 11 is 0. The fraction of sp³-hybridized carbons (Fsp3) is 0.556. The van der Waals surface area contributed by atoms with Crippen LogP contribution in [-0.2, 0) is 24.2 Å². The standard InChI is InChI=1S/C9H10N2O3/c12-9(13)5-3-7-10-6-1-2-14-8(6)11(7)4-5/h5H,1-4H2,(H,12,13). The van der Waals surface area contributed by atoms with Crippen molar-refractivity contribution < 1.29 is 14.6 Å². The quantitative estimate of drug-likeness (QED) is 0.687. The van der Waals surface area contributed by atoms with Gasteiger partial charge in [-0.1, -0.05) is 0 Å². The molecular formula is C9H10N2O3. The molecule has 1 aromatic heterocycles. The van der Waals surface area contributed by atoms with Crippen LogP contribution in [0.15, 0.2) is 0 Å². The summed E-state index contributed by atoms with van der Waals surface area (Å²) in [6.07, 6.45) is 1.39. The number of aliphatic carboxylic acids is 1. The molecular weight excluding hydrogens is 184 g/mol. The van der Waals surface area contributed by atoms with Crippen molar-refractivity contribution in [3.8, 4) is 5.88 Å². The fourth-order valence-electron chi connectivity index (χ4n) is 2.12. The molecule has 0 bridgehead atoms. The zero-order valence-electron chi connectivity index (χ0n) is 7.56. The summed E-state index contributed by atoms with van der Waals surface area (Å²) in [6.45, 7) is 1.18. The van der Waals surface area contributed by atoms with Gasteiger partial charge in [0, 0.05) is 19.4 Å². The molecule has 1 atom stereocenters. The van der Waals surface area contributed by atoms with Gasteiger partial charge in [0.2, 0.25) is 5.88 Å². The Labute approximate surface area is 80.3 Å². The minimum absolute atomic E-state index is 0.327. The van der Waals surface area contributed by atoms with E-state index in [1.165, 1.54) is 0 Å². The Bertz CT molecular complexity index is 410. The summed E-state index contributed by atoms with van der Waals surface area (Å²) in [5.74, 6) is 0.583. The fourth-order valence-corrected chi connectivity index (χ4v) is 2.12. The maximum absolute atomic E-state index is 10.8. The smallest absolute Gasteiger partial charge is 0.308 e. The Balaban J connectivity index is 1.97. The molecule has 0 radical (unpaired) electrons. The van der Waals surface area contributed by atoms with Crippen LogP contribution in [0.4, 0.5) is 0 Å². The Morgan fingerprint density at radius 3 is 3.29 bits per heavy atom. The van der Waals surface area contributed by atoms with Crippen LogP contribution in [0.5, 0.6) is 5.88 Å². The average Bonchev–Trinajstić information content (AvgIpc) is 2.70. The lowest BCUT2D eigenvalue weighted by molar-refractivity contribution is -0.141. The molecule has 1 unspecified atom stereocenters. The summed E-state index contributed by atoms with van der Waals surface area (Å²) in [7, 11) is 0. The molecule has 0 amide bonds. The zero-order valence-corrected chi connectivity index (χ0v) is 7.56. The van der Waals surface area contributed by atoms with E-state index in [1.807, 2.05) is 4.57 Å². The number of carboxylic acid groups (broad SMARTS) is 1. The van der Waals surface area contributed by atoms with Gasteiger partial charge in [0.05, 0.1) is 12.5 Å². The third-order valence-corrected chi connectivity index (χ3v) is 2.83. The minimum atomic E-state index is -0.748. The lowest BCUT2D eigenvalue weighted by Gasteiger charge is -2.03. The van der Waals surface area contributed by atoms with E-state index in [1.54, 1.807) is 0 Å². The number of carbonyl (C=O) groups is 1. The highest BCUT2D eigenvalue weighted by Crippen LogP contribution is 2.32. The molecule has 1 N–H and O–H groups in total. The SMILES string of the molecule is O=C(O)C1Cc2nc3c(n2C1)OCC3. The molecule has 5 nitrogen and oxygen atoms in total. The maximum atomic E-state index is 10.8. The van der Waals surface area contributed by atoms with Gasteiger partial charge in [-0.3, -0.25) is 9.36 Å². The van der Waals surface area contributed by atoms with Crippen LogP contribution < -0.4 is 4.74 Å². The molecule has 0 saturated heterocycles. The first-order valence-electron chi connectivity index (χ1n) is 4.69. The normalized spacial score (nSPS) is 23.0. The summed E-state index contributed by atoms with van der Waals surface area (Å²) in [5, 5.41) is 8.87. The molecule has 1 aromatic rings. The number of rotatable bonds is 1. The molecule has 3 heterocycles. The number of hydrogen-bond acceptors (Lipinski definition) is 3. The summed E-state index contributed by atoms with van der Waals surface area (Å²) in [5.41, 5.74) is 0.990. The van der Waals surface area contributed by atoms with Gasteiger partial charge >= 0.3 is 5.97 Å². The van der Waals surface area contributed by atoms with Crippen molar-refractivity contribution in [1.29, 1.82) is 0 Å². The Morgan fingerprint density at radius 2 is 2.50 bits per heavy atom. The Hall–Kier alpha value is -1.52. The number of carboxylic acids is 1. The molecule has 14 heavy (non-hydrogen) atoms. The second-order valence-corrected chi connectivity index (χ2v) is 3.73. The first kappa shape index (κ1) is 7.84. The average molecular weight is 194 g/mol. The first-order valence-corrected chi connectivity index (χ1v) is 4.69. The topological polar surface area (TPSA) is 64.3 Å². The van der Waals surface area contributed by atoms with Gasteiger partial charge in [-0.05, 0) is 0 Å². The van der Waals surface area contributed by atoms with Crippen LogP contribution in [0.3, 0.4) is 0 Å². The van der Waals surface area contributed by atoms with E-state index in [2.05, 4.69) is 4.98 Å². The van der Waals surface area contributed by atoms with Crippen LogP contribution in [0.1, 0.15) is 11.5 Å². The third kappa shape index (κ3) is 0.893. The van der Waals surface area contributed by atoms with E-state index >= 15 is 0 Å². The van der Waals surface area contributed by atoms with Crippen molar-refractivity contribution in [3.63, 3.8) is 0 Å². The third-order valence-electron chi connectivity index (χ3n) is 2.83. The predicted octanol–water partition coefficient (Wildman–Crippen LogP) is 0.0749. The van der Waals surface area contributed by atoms with Gasteiger partial charge in [0.15, 0.2) is 0 Å². The minimum Gasteiger partial charge on any atom is -0.481 e. The monoisotopic (exact) mass is 194 g/mol. The number of hydrogen-bond donors (Lipinski definition) is 1. The van der Waals surface area contributed by atoms with E-state index in [-0.39, 0.29) is 5.92 Å². The van der Waals surface area contributed by atoms with Gasteiger partial charge in [-0.2, -0.15) is 0 Å². The molecule has 5 heteroatoms. The Morgan fingerprint density at radius 1 is 1.64 bits per heavy atom. The van der Waals surface area contributed by atoms with Crippen LogP contribution in [0, 0.1) is 5.92 Å². The molecule has 0 fully saturated rings. The van der Waals surface area contributed by atoms with Crippen molar-refractivity contribution in [1.82, 2.24) is 9.55 Å². The largest absolute Gasteiger partial charge is 0.481 e. The van der Waals surface area contributed by atoms with Crippen LogP contribution >= 0.6 is 0 Å². The van der Waals surface area contributed by atoms with Gasteiger partial charge < -0.3 is 9.84 Å². The number of nitrogens with zero attached hydrogens (tertiary/aromatic N) is 2. The molecule has 0 saturated carbocycles. The van der Waals surface area contributed by atoms with E-state index in [0.717, 1.165) is 23.8 Å². The number of fused-ring (bicyclic) bond motifs is 3. The molecule has 3 rings (SSSR count). The zero-order chi connectivity index (χ0) is 9.71. The summed E-state index contributed by atoms with van der Waals surface area (Å²) in [6, 6.07) is 0. The van der Waals surface area contributed by atoms with E-state index in [9.17, 15) is 4.79 Å². The maximum Gasteiger partial charge on any atom is 0.308 e. The second kappa shape index (κ2) is 2.50.